The van der Waals surface area contributed by atoms with Crippen molar-refractivity contribution in [2.24, 2.45) is 0 Å². The lowest BCUT2D eigenvalue weighted by atomic mass is 10.2. The average molecular weight is 603 g/mol. The maximum atomic E-state index is 12.9. The van der Waals surface area contributed by atoms with Gasteiger partial charge < -0.3 is 14.0 Å². The van der Waals surface area contributed by atoms with Crippen molar-refractivity contribution < 1.29 is 40.4 Å². The van der Waals surface area contributed by atoms with Crippen LogP contribution in [0.5, 0.6) is 0 Å². The molecule has 0 unspecified atom stereocenters. The van der Waals surface area contributed by atoms with Crippen molar-refractivity contribution >= 4 is 40.8 Å². The Morgan fingerprint density at radius 3 is 1.95 bits per heavy atom. The lowest BCUT2D eigenvalue weighted by Crippen LogP contribution is -2.34. The normalized spacial score (nSPS) is 12.9. The highest BCUT2D eigenvalue weighted by molar-refractivity contribution is 7.86. The minimum Gasteiger partial charge on any atom is -0.741 e. The first kappa shape index (κ1) is 35.9. The standard InChI is InChI=1S/C23H35ClN2O3P.CHF3O3S/c1-9-29-23(27)26(21-12-10-11-20(24)13-21)22(28-8)19(14-25)15-30(16(2)3,17(4)5)18(6)7;2-1(3,4)8(5,6)7/h10-13,16-18H,9,15H2,1-8H3;(H,5,6,7)/q+1;/p-1/b22-19-;. The summed E-state index contributed by atoms with van der Waals surface area (Å²) in [6.45, 7) is 15.3. The Balaban J connectivity index is 0.00000147. The number of halogens is 4. The Kier molecular flexibility index (Phi) is 14.1. The van der Waals surface area contributed by atoms with Gasteiger partial charge in [0.2, 0.25) is 5.88 Å². The molecule has 0 saturated carbocycles. The number of nitriles is 1. The van der Waals surface area contributed by atoms with E-state index < -0.39 is 29.0 Å². The largest absolute Gasteiger partial charge is 0.741 e. The number of rotatable bonds is 9. The number of ether oxygens (including phenoxy) is 2. The van der Waals surface area contributed by atoms with Crippen LogP contribution < -0.4 is 4.90 Å². The number of benzene rings is 1. The molecule has 0 N–H and O–H groups in total. The van der Waals surface area contributed by atoms with Crippen molar-refractivity contribution in [1.82, 2.24) is 0 Å². The third-order valence-corrected chi connectivity index (χ3v) is 13.3. The Labute approximate surface area is 228 Å². The Bertz CT molecular complexity index is 1100. The highest BCUT2D eigenvalue weighted by atomic mass is 35.5. The molecule has 8 nitrogen and oxygen atoms in total. The van der Waals surface area contributed by atoms with E-state index >= 15 is 0 Å². The highest BCUT2D eigenvalue weighted by Gasteiger charge is 2.49. The summed E-state index contributed by atoms with van der Waals surface area (Å²) in [7, 11) is -6.22. The number of nitrogens with zero attached hydrogens (tertiary/aromatic N) is 2. The van der Waals surface area contributed by atoms with Gasteiger partial charge in [-0.25, -0.2) is 18.1 Å². The molecule has 1 amide bonds. The smallest absolute Gasteiger partial charge is 0.485 e. The lowest BCUT2D eigenvalue weighted by Gasteiger charge is -2.38. The number of anilines is 1. The Morgan fingerprint density at radius 2 is 1.63 bits per heavy atom. The van der Waals surface area contributed by atoms with E-state index in [0.29, 0.717) is 39.4 Å². The molecule has 0 aliphatic rings. The fourth-order valence-electron chi connectivity index (χ4n) is 4.22. The zero-order valence-electron chi connectivity index (χ0n) is 22.7. The number of allylic oxidation sites excluding steroid dienone is 1. The van der Waals surface area contributed by atoms with Gasteiger partial charge in [0.05, 0.1) is 36.4 Å². The fourth-order valence-corrected chi connectivity index (χ4v) is 9.83. The molecule has 1 aromatic carbocycles. The van der Waals surface area contributed by atoms with E-state index in [1.165, 1.54) is 12.0 Å². The molecule has 0 spiro atoms. The van der Waals surface area contributed by atoms with Gasteiger partial charge >= 0.3 is 11.6 Å². The van der Waals surface area contributed by atoms with E-state index in [9.17, 15) is 23.2 Å². The second-order valence-corrected chi connectivity index (χ2v) is 16.2. The van der Waals surface area contributed by atoms with E-state index in [1.54, 1.807) is 31.2 Å². The molecule has 0 heterocycles. The predicted molar refractivity (Wildman–Crippen MR) is 144 cm³/mol. The van der Waals surface area contributed by atoms with Crippen LogP contribution in [-0.4, -0.2) is 61.4 Å². The zero-order valence-corrected chi connectivity index (χ0v) is 25.1. The van der Waals surface area contributed by atoms with Crippen molar-refractivity contribution in [1.29, 1.82) is 5.26 Å². The van der Waals surface area contributed by atoms with Gasteiger partial charge in [0.25, 0.3) is 0 Å². The molecule has 0 radical (unpaired) electrons. The number of amides is 1. The molecule has 0 aliphatic heterocycles. The molecule has 0 aromatic heterocycles. The Hall–Kier alpha value is -2.06. The third-order valence-electron chi connectivity index (χ3n) is 5.91. The summed E-state index contributed by atoms with van der Waals surface area (Å²) >= 11 is 6.17. The molecule has 38 heavy (non-hydrogen) atoms. The SMILES string of the molecule is CCOC(=O)N(/C(OC)=C(\C#N)C[P+](C(C)C)(C(C)C)C(C)C)c1cccc(Cl)c1.O=S(=O)([O-])C(F)(F)F. The van der Waals surface area contributed by atoms with Gasteiger partial charge in [-0.3, -0.25) is 0 Å². The van der Waals surface area contributed by atoms with Crippen LogP contribution in [0, 0.1) is 11.3 Å². The number of hydrogen-bond acceptors (Lipinski definition) is 7. The lowest BCUT2D eigenvalue weighted by molar-refractivity contribution is -0.0517. The zero-order chi connectivity index (χ0) is 30.1. The van der Waals surface area contributed by atoms with Crippen molar-refractivity contribution in [3.63, 3.8) is 0 Å². The summed E-state index contributed by atoms with van der Waals surface area (Å²) < 4.78 is 69.8. The first-order chi connectivity index (χ1) is 17.3. The summed E-state index contributed by atoms with van der Waals surface area (Å²) in [4.78, 5) is 14.2. The van der Waals surface area contributed by atoms with Crippen LogP contribution in [0.2, 0.25) is 5.02 Å². The summed E-state index contributed by atoms with van der Waals surface area (Å²) in [5, 5.41) is 10.6. The van der Waals surface area contributed by atoms with Gasteiger partial charge in [-0.15, -0.1) is 0 Å². The quantitative estimate of drug-likeness (QED) is 0.0983. The van der Waals surface area contributed by atoms with Crippen LogP contribution >= 0.6 is 18.9 Å². The molecule has 0 atom stereocenters. The molecule has 0 saturated heterocycles. The van der Waals surface area contributed by atoms with Gasteiger partial charge in [-0.2, -0.15) is 18.4 Å². The minimum absolute atomic E-state index is 0.199. The van der Waals surface area contributed by atoms with E-state index in [4.69, 9.17) is 34.0 Å². The van der Waals surface area contributed by atoms with Crippen LogP contribution in [0.3, 0.4) is 0 Å². The van der Waals surface area contributed by atoms with Gasteiger partial charge in [-0.05, 0) is 66.7 Å². The molecule has 0 bridgehead atoms. The monoisotopic (exact) mass is 602 g/mol. The molecule has 216 valence electrons. The van der Waals surface area contributed by atoms with Crippen LogP contribution in [0.25, 0.3) is 0 Å². The van der Waals surface area contributed by atoms with E-state index in [1.807, 2.05) is 0 Å². The first-order valence-electron chi connectivity index (χ1n) is 11.6. The van der Waals surface area contributed by atoms with E-state index in [-0.39, 0.29) is 12.5 Å². The number of carbonyl (C=O) groups is 1. The minimum atomic E-state index is -6.09. The van der Waals surface area contributed by atoms with Crippen molar-refractivity contribution in [2.75, 3.05) is 24.8 Å². The van der Waals surface area contributed by atoms with Crippen LogP contribution in [0.4, 0.5) is 23.7 Å². The molecule has 1 aromatic rings. The van der Waals surface area contributed by atoms with Crippen molar-refractivity contribution in [3.05, 3.63) is 40.7 Å². The maximum absolute atomic E-state index is 12.9. The second kappa shape index (κ2) is 14.9. The van der Waals surface area contributed by atoms with Crippen LogP contribution in [0.1, 0.15) is 48.5 Å². The molecule has 0 fully saturated rings. The van der Waals surface area contributed by atoms with Gasteiger partial charge in [0.15, 0.2) is 10.1 Å². The predicted octanol–water partition coefficient (Wildman–Crippen LogP) is 6.98. The molecular weight excluding hydrogens is 568 g/mol. The Morgan fingerprint density at radius 1 is 1.16 bits per heavy atom. The summed E-state index contributed by atoms with van der Waals surface area (Å²) in [5.41, 5.74) is -3.40. The molecule has 1 rings (SSSR count). The number of hydrogen-bond donors (Lipinski definition) is 0. The van der Waals surface area contributed by atoms with E-state index in [0.717, 1.165) is 0 Å². The molecule has 0 aliphatic carbocycles. The summed E-state index contributed by atoms with van der Waals surface area (Å²) in [5.74, 6) is 0.199. The maximum Gasteiger partial charge on any atom is 0.485 e. The summed E-state index contributed by atoms with van der Waals surface area (Å²) in [6.07, 6.45) is -0.0113. The topological polar surface area (TPSA) is 120 Å². The van der Waals surface area contributed by atoms with Crippen molar-refractivity contribution in [3.8, 4) is 6.07 Å². The van der Waals surface area contributed by atoms with Gasteiger partial charge in [-0.1, -0.05) is 17.7 Å². The highest BCUT2D eigenvalue weighted by Crippen LogP contribution is 2.71. The number of alkyl halides is 3. The number of carbonyl (C=O) groups excluding carboxylic acids is 1. The fraction of sp³-hybridized carbons (Fsp3) is 0.583. The summed E-state index contributed by atoms with van der Waals surface area (Å²) in [6, 6.07) is 9.20. The van der Waals surface area contributed by atoms with Gasteiger partial charge in [0.1, 0.15) is 17.8 Å². The average Bonchev–Trinajstić information content (AvgIpc) is 2.77. The second-order valence-electron chi connectivity index (χ2n) is 8.95. The first-order valence-corrected chi connectivity index (χ1v) is 15.6. The van der Waals surface area contributed by atoms with Crippen LogP contribution in [0.15, 0.2) is 35.7 Å². The van der Waals surface area contributed by atoms with Crippen LogP contribution in [-0.2, 0) is 19.6 Å². The van der Waals surface area contributed by atoms with E-state index in [2.05, 4.69) is 47.6 Å². The third kappa shape index (κ3) is 9.30. The van der Waals surface area contributed by atoms with Gasteiger partial charge in [0, 0.05) is 12.3 Å². The molecule has 14 heteroatoms. The molecular formula is C24H35ClF3N2O6PS. The number of methoxy groups -OCH3 is 1. The van der Waals surface area contributed by atoms with Crippen molar-refractivity contribution in [2.45, 2.75) is 71.0 Å².